The fourth-order valence-electron chi connectivity index (χ4n) is 3.29. The van der Waals surface area contributed by atoms with Crippen LogP contribution in [0, 0.1) is 5.92 Å². The van der Waals surface area contributed by atoms with E-state index in [1.807, 2.05) is 24.3 Å². The van der Waals surface area contributed by atoms with Gasteiger partial charge < -0.3 is 15.3 Å². The molecule has 2 amide bonds. The van der Waals surface area contributed by atoms with Gasteiger partial charge in [0.2, 0.25) is 0 Å². The third kappa shape index (κ3) is 3.01. The number of hydrogen-bond acceptors (Lipinski definition) is 2. The molecule has 3 rings (SSSR count). The second-order valence-corrected chi connectivity index (χ2v) is 5.97. The number of carboxylic acids is 1. The summed E-state index contributed by atoms with van der Waals surface area (Å²) in [4.78, 5) is 25.2. The number of urea groups is 1. The molecule has 2 atom stereocenters. The highest BCUT2D eigenvalue weighted by Crippen LogP contribution is 2.26. The lowest BCUT2D eigenvalue weighted by molar-refractivity contribution is -0.143. The molecule has 21 heavy (non-hydrogen) atoms. The molecule has 1 aliphatic carbocycles. The van der Waals surface area contributed by atoms with Crippen LogP contribution in [0.15, 0.2) is 24.3 Å². The lowest BCUT2D eigenvalue weighted by atomic mass is 9.86. The van der Waals surface area contributed by atoms with Crippen LogP contribution in [-0.2, 0) is 17.9 Å². The van der Waals surface area contributed by atoms with Crippen molar-refractivity contribution in [2.24, 2.45) is 5.92 Å². The van der Waals surface area contributed by atoms with Gasteiger partial charge in [0.25, 0.3) is 0 Å². The Labute approximate surface area is 123 Å². The van der Waals surface area contributed by atoms with Gasteiger partial charge in [-0.25, -0.2) is 4.79 Å². The first kappa shape index (κ1) is 13.9. The zero-order valence-electron chi connectivity index (χ0n) is 11.9. The van der Waals surface area contributed by atoms with E-state index in [0.29, 0.717) is 19.5 Å². The molecule has 0 aromatic heterocycles. The van der Waals surface area contributed by atoms with E-state index in [4.69, 9.17) is 5.11 Å². The fraction of sp³-hybridized carbons (Fsp3) is 0.500. The molecule has 2 unspecified atom stereocenters. The molecule has 5 heteroatoms. The topological polar surface area (TPSA) is 69.6 Å². The molecule has 0 bridgehead atoms. The second-order valence-electron chi connectivity index (χ2n) is 5.97. The van der Waals surface area contributed by atoms with E-state index < -0.39 is 5.97 Å². The molecule has 112 valence electrons. The monoisotopic (exact) mass is 288 g/mol. The van der Waals surface area contributed by atoms with Crippen molar-refractivity contribution < 1.29 is 14.7 Å². The van der Waals surface area contributed by atoms with Crippen LogP contribution in [0.5, 0.6) is 0 Å². The van der Waals surface area contributed by atoms with E-state index >= 15 is 0 Å². The van der Waals surface area contributed by atoms with Crippen molar-refractivity contribution in [2.45, 2.75) is 44.8 Å². The molecule has 0 radical (unpaired) electrons. The highest BCUT2D eigenvalue weighted by molar-refractivity contribution is 5.76. The predicted molar refractivity (Wildman–Crippen MR) is 77.6 cm³/mol. The van der Waals surface area contributed by atoms with Crippen LogP contribution in [0.3, 0.4) is 0 Å². The number of fused-ring (bicyclic) bond motifs is 1. The number of nitrogens with zero attached hydrogens (tertiary/aromatic N) is 1. The molecule has 1 heterocycles. The Morgan fingerprint density at radius 3 is 2.43 bits per heavy atom. The van der Waals surface area contributed by atoms with Crippen LogP contribution in [0.1, 0.15) is 36.8 Å². The van der Waals surface area contributed by atoms with E-state index in [-0.39, 0.29) is 18.0 Å². The van der Waals surface area contributed by atoms with Crippen molar-refractivity contribution in [2.75, 3.05) is 0 Å². The Hall–Kier alpha value is -2.04. The Morgan fingerprint density at radius 2 is 1.81 bits per heavy atom. The number of carboxylic acid groups (broad SMARTS) is 1. The molecule has 1 aromatic carbocycles. The summed E-state index contributed by atoms with van der Waals surface area (Å²) >= 11 is 0. The fourth-order valence-corrected chi connectivity index (χ4v) is 3.29. The molecular weight excluding hydrogens is 268 g/mol. The van der Waals surface area contributed by atoms with Gasteiger partial charge >= 0.3 is 12.0 Å². The van der Waals surface area contributed by atoms with Gasteiger partial charge in [-0.15, -0.1) is 0 Å². The molecule has 1 aromatic rings. The van der Waals surface area contributed by atoms with Crippen LogP contribution in [0.25, 0.3) is 0 Å². The number of nitrogens with one attached hydrogen (secondary N) is 1. The Bertz CT molecular complexity index is 533. The molecular formula is C16H20N2O3. The molecule has 0 saturated heterocycles. The third-order valence-corrected chi connectivity index (χ3v) is 4.48. The second kappa shape index (κ2) is 5.76. The highest BCUT2D eigenvalue weighted by atomic mass is 16.4. The van der Waals surface area contributed by atoms with Crippen molar-refractivity contribution in [3.63, 3.8) is 0 Å². The van der Waals surface area contributed by atoms with E-state index in [2.05, 4.69) is 5.32 Å². The quantitative estimate of drug-likeness (QED) is 0.877. The molecule has 0 spiro atoms. The highest BCUT2D eigenvalue weighted by Gasteiger charge is 2.30. The maximum Gasteiger partial charge on any atom is 0.318 e. The van der Waals surface area contributed by atoms with Crippen molar-refractivity contribution in [3.8, 4) is 0 Å². The Balaban J connectivity index is 1.57. The maximum atomic E-state index is 12.3. The van der Waals surface area contributed by atoms with Gasteiger partial charge in [0.05, 0.1) is 5.92 Å². The Morgan fingerprint density at radius 1 is 1.14 bits per heavy atom. The SMILES string of the molecule is O=C(O)C1CCCC(NC(=O)N2Cc3ccccc3C2)C1. The minimum Gasteiger partial charge on any atom is -0.481 e. The first-order valence-corrected chi connectivity index (χ1v) is 7.48. The number of carbonyl (C=O) groups is 2. The zero-order chi connectivity index (χ0) is 14.8. The summed E-state index contributed by atoms with van der Waals surface area (Å²) in [7, 11) is 0. The van der Waals surface area contributed by atoms with Gasteiger partial charge in [-0.2, -0.15) is 0 Å². The summed E-state index contributed by atoms with van der Waals surface area (Å²) in [5, 5.41) is 12.1. The maximum absolute atomic E-state index is 12.3. The van der Waals surface area contributed by atoms with Crippen LogP contribution < -0.4 is 5.32 Å². The van der Waals surface area contributed by atoms with E-state index in [9.17, 15) is 9.59 Å². The van der Waals surface area contributed by atoms with Gasteiger partial charge in [-0.1, -0.05) is 30.7 Å². The van der Waals surface area contributed by atoms with E-state index in [1.54, 1.807) is 4.90 Å². The molecule has 2 N–H and O–H groups in total. The van der Waals surface area contributed by atoms with Gasteiger partial charge in [-0.3, -0.25) is 4.79 Å². The van der Waals surface area contributed by atoms with Gasteiger partial charge in [-0.05, 0) is 30.4 Å². The van der Waals surface area contributed by atoms with Crippen LogP contribution >= 0.6 is 0 Å². The van der Waals surface area contributed by atoms with Crippen molar-refractivity contribution in [1.29, 1.82) is 0 Å². The molecule has 5 nitrogen and oxygen atoms in total. The molecule has 1 saturated carbocycles. The minimum absolute atomic E-state index is 0.0175. The summed E-state index contributed by atoms with van der Waals surface area (Å²) in [6.07, 6.45) is 3.00. The normalized spacial score (nSPS) is 24.5. The van der Waals surface area contributed by atoms with E-state index in [0.717, 1.165) is 19.3 Å². The first-order chi connectivity index (χ1) is 10.1. The summed E-state index contributed by atoms with van der Waals surface area (Å²) in [5.74, 6) is -1.07. The van der Waals surface area contributed by atoms with Crippen molar-refractivity contribution >= 4 is 12.0 Å². The number of benzene rings is 1. The summed E-state index contributed by atoms with van der Waals surface area (Å²) in [5.41, 5.74) is 2.39. The standard InChI is InChI=1S/C16H20N2O3/c19-15(20)11-6-3-7-14(8-11)17-16(21)18-9-12-4-1-2-5-13(12)10-18/h1-2,4-5,11,14H,3,6-10H2,(H,17,21)(H,19,20). The van der Waals surface area contributed by atoms with Crippen LogP contribution in [0.2, 0.25) is 0 Å². The molecule has 1 aliphatic heterocycles. The molecule has 2 aliphatic rings. The average Bonchev–Trinajstić information content (AvgIpc) is 2.91. The van der Waals surface area contributed by atoms with Crippen molar-refractivity contribution in [3.05, 3.63) is 35.4 Å². The number of aliphatic carboxylic acids is 1. The van der Waals surface area contributed by atoms with Crippen molar-refractivity contribution in [1.82, 2.24) is 10.2 Å². The lowest BCUT2D eigenvalue weighted by Crippen LogP contribution is -2.45. The average molecular weight is 288 g/mol. The summed E-state index contributed by atoms with van der Waals surface area (Å²) in [6, 6.07) is 7.96. The zero-order valence-corrected chi connectivity index (χ0v) is 11.9. The third-order valence-electron chi connectivity index (χ3n) is 4.48. The minimum atomic E-state index is -0.748. The van der Waals surface area contributed by atoms with Gasteiger partial charge in [0.1, 0.15) is 0 Å². The number of hydrogen-bond donors (Lipinski definition) is 2. The van der Waals surface area contributed by atoms with Gasteiger partial charge in [0, 0.05) is 19.1 Å². The predicted octanol–water partition coefficient (Wildman–Crippen LogP) is 2.36. The smallest absolute Gasteiger partial charge is 0.318 e. The van der Waals surface area contributed by atoms with E-state index in [1.165, 1.54) is 11.1 Å². The number of amides is 2. The largest absolute Gasteiger partial charge is 0.481 e. The lowest BCUT2D eigenvalue weighted by Gasteiger charge is -2.29. The van der Waals surface area contributed by atoms with Crippen LogP contribution in [0.4, 0.5) is 4.79 Å². The summed E-state index contributed by atoms with van der Waals surface area (Å²) in [6.45, 7) is 1.27. The number of rotatable bonds is 2. The number of carbonyl (C=O) groups excluding carboxylic acids is 1. The first-order valence-electron chi connectivity index (χ1n) is 7.48. The van der Waals surface area contributed by atoms with Gasteiger partial charge in [0.15, 0.2) is 0 Å². The molecule has 1 fully saturated rings. The Kier molecular flexibility index (Phi) is 3.82. The van der Waals surface area contributed by atoms with Crippen LogP contribution in [-0.4, -0.2) is 28.0 Å². The summed E-state index contributed by atoms with van der Waals surface area (Å²) < 4.78 is 0.